The Bertz CT molecular complexity index is 1000. The first-order chi connectivity index (χ1) is 15.1. The highest BCUT2D eigenvalue weighted by atomic mass is 35.5. The molecule has 1 heterocycles. The van der Waals surface area contributed by atoms with Crippen molar-refractivity contribution in [2.45, 2.75) is 13.2 Å². The van der Waals surface area contributed by atoms with Crippen LogP contribution in [-0.4, -0.2) is 26.3 Å². The van der Waals surface area contributed by atoms with Crippen molar-refractivity contribution in [2.75, 3.05) is 36.5 Å². The molecule has 4 nitrogen and oxygen atoms in total. The standard InChI is InChI=1S/C24H23Cl3N2O2/c25-20-14-19(6-7-23(20)29-8-10-30-11-9-29)28-15-18-12-21(26)24(22(27)13-18)31-16-17-4-2-1-3-5-17/h1-7,12-14,28H,8-11,15-16H2. The molecule has 3 aromatic rings. The molecule has 0 aliphatic carbocycles. The van der Waals surface area contributed by atoms with E-state index in [1.54, 1.807) is 0 Å². The molecule has 0 unspecified atom stereocenters. The summed E-state index contributed by atoms with van der Waals surface area (Å²) < 4.78 is 11.3. The molecule has 0 radical (unpaired) electrons. The number of ether oxygens (including phenoxy) is 2. The van der Waals surface area contributed by atoms with Crippen molar-refractivity contribution in [2.24, 2.45) is 0 Å². The van der Waals surface area contributed by atoms with Crippen molar-refractivity contribution in [3.63, 3.8) is 0 Å². The summed E-state index contributed by atoms with van der Waals surface area (Å²) in [7, 11) is 0. The van der Waals surface area contributed by atoms with E-state index >= 15 is 0 Å². The van der Waals surface area contributed by atoms with Crippen molar-refractivity contribution in [1.82, 2.24) is 0 Å². The molecular formula is C24H23Cl3N2O2. The molecule has 3 aromatic carbocycles. The van der Waals surface area contributed by atoms with Crippen LogP contribution in [-0.2, 0) is 17.9 Å². The van der Waals surface area contributed by atoms with Gasteiger partial charge >= 0.3 is 0 Å². The summed E-state index contributed by atoms with van der Waals surface area (Å²) in [6.45, 7) is 4.12. The fourth-order valence-corrected chi connectivity index (χ4v) is 4.41. The summed E-state index contributed by atoms with van der Waals surface area (Å²) in [5.41, 5.74) is 3.97. The van der Waals surface area contributed by atoms with E-state index in [0.717, 1.165) is 48.8 Å². The molecule has 0 amide bonds. The molecule has 31 heavy (non-hydrogen) atoms. The van der Waals surface area contributed by atoms with E-state index in [0.29, 0.717) is 34.0 Å². The van der Waals surface area contributed by atoms with Crippen molar-refractivity contribution in [1.29, 1.82) is 0 Å². The molecule has 0 saturated carbocycles. The Hall–Kier alpha value is -2.11. The van der Waals surface area contributed by atoms with Gasteiger partial charge in [-0.2, -0.15) is 0 Å². The van der Waals surface area contributed by atoms with Crippen LogP contribution in [0, 0.1) is 0 Å². The van der Waals surface area contributed by atoms with E-state index < -0.39 is 0 Å². The number of nitrogens with one attached hydrogen (secondary N) is 1. The second-order valence-electron chi connectivity index (χ2n) is 7.28. The molecule has 162 valence electrons. The highest BCUT2D eigenvalue weighted by Gasteiger charge is 2.15. The largest absolute Gasteiger partial charge is 0.486 e. The topological polar surface area (TPSA) is 33.7 Å². The lowest BCUT2D eigenvalue weighted by atomic mass is 10.2. The van der Waals surface area contributed by atoms with Crippen LogP contribution in [0.4, 0.5) is 11.4 Å². The van der Waals surface area contributed by atoms with E-state index in [2.05, 4.69) is 10.2 Å². The van der Waals surface area contributed by atoms with Gasteiger partial charge in [0.2, 0.25) is 0 Å². The lowest BCUT2D eigenvalue weighted by Crippen LogP contribution is -2.36. The molecule has 1 aliphatic heterocycles. The molecular weight excluding hydrogens is 455 g/mol. The van der Waals surface area contributed by atoms with E-state index in [1.807, 2.05) is 60.7 Å². The Morgan fingerprint density at radius 2 is 1.55 bits per heavy atom. The van der Waals surface area contributed by atoms with Gasteiger partial charge in [0, 0.05) is 25.3 Å². The monoisotopic (exact) mass is 476 g/mol. The first-order valence-corrected chi connectivity index (χ1v) is 11.2. The summed E-state index contributed by atoms with van der Waals surface area (Å²) in [6.07, 6.45) is 0. The maximum atomic E-state index is 6.52. The normalized spacial score (nSPS) is 13.8. The number of nitrogens with zero attached hydrogens (tertiary/aromatic N) is 1. The average Bonchev–Trinajstić information content (AvgIpc) is 2.78. The van der Waals surface area contributed by atoms with E-state index in [-0.39, 0.29) is 0 Å². The number of rotatable bonds is 7. The summed E-state index contributed by atoms with van der Waals surface area (Å²) in [4.78, 5) is 2.24. The number of anilines is 2. The fraction of sp³-hybridized carbons (Fsp3) is 0.250. The van der Waals surface area contributed by atoms with Crippen molar-refractivity contribution < 1.29 is 9.47 Å². The Labute approximate surface area is 197 Å². The summed E-state index contributed by atoms with van der Waals surface area (Å²) >= 11 is 19.4. The first kappa shape index (κ1) is 22.1. The predicted molar refractivity (Wildman–Crippen MR) is 129 cm³/mol. The van der Waals surface area contributed by atoms with Crippen LogP contribution in [0.25, 0.3) is 0 Å². The Morgan fingerprint density at radius 3 is 2.23 bits per heavy atom. The van der Waals surface area contributed by atoms with Crippen LogP contribution in [0.1, 0.15) is 11.1 Å². The predicted octanol–water partition coefficient (Wildman–Crippen LogP) is 6.67. The number of hydrogen-bond acceptors (Lipinski definition) is 4. The lowest BCUT2D eigenvalue weighted by molar-refractivity contribution is 0.122. The summed E-state index contributed by atoms with van der Waals surface area (Å²) in [5.74, 6) is 0.494. The van der Waals surface area contributed by atoms with Crippen molar-refractivity contribution >= 4 is 46.2 Å². The van der Waals surface area contributed by atoms with Gasteiger partial charge in [-0.15, -0.1) is 0 Å². The summed E-state index contributed by atoms with van der Waals surface area (Å²) in [6, 6.07) is 19.6. The van der Waals surface area contributed by atoms with Crippen LogP contribution >= 0.6 is 34.8 Å². The Kier molecular flexibility index (Phi) is 7.46. The van der Waals surface area contributed by atoms with Crippen LogP contribution in [0.3, 0.4) is 0 Å². The zero-order valence-electron chi connectivity index (χ0n) is 16.9. The lowest BCUT2D eigenvalue weighted by Gasteiger charge is -2.29. The summed E-state index contributed by atoms with van der Waals surface area (Å²) in [5, 5.41) is 5.07. The zero-order chi connectivity index (χ0) is 21.6. The second-order valence-corrected chi connectivity index (χ2v) is 8.50. The van der Waals surface area contributed by atoms with E-state index in [1.165, 1.54) is 0 Å². The third-order valence-corrected chi connectivity index (χ3v) is 5.94. The minimum Gasteiger partial charge on any atom is -0.486 e. The molecule has 1 N–H and O–H groups in total. The zero-order valence-corrected chi connectivity index (χ0v) is 19.2. The van der Waals surface area contributed by atoms with Gasteiger partial charge in [0.05, 0.1) is 34.0 Å². The molecule has 0 atom stereocenters. The minimum atomic E-state index is 0.409. The highest BCUT2D eigenvalue weighted by molar-refractivity contribution is 6.37. The number of hydrogen-bond donors (Lipinski definition) is 1. The highest BCUT2D eigenvalue weighted by Crippen LogP contribution is 2.35. The van der Waals surface area contributed by atoms with Crippen LogP contribution in [0.2, 0.25) is 15.1 Å². The second kappa shape index (κ2) is 10.5. The van der Waals surface area contributed by atoms with Gasteiger partial charge < -0.3 is 19.7 Å². The van der Waals surface area contributed by atoms with Gasteiger partial charge in [-0.05, 0) is 41.5 Å². The van der Waals surface area contributed by atoms with Gasteiger partial charge in [-0.25, -0.2) is 0 Å². The molecule has 0 bridgehead atoms. The maximum Gasteiger partial charge on any atom is 0.156 e. The third-order valence-electron chi connectivity index (χ3n) is 5.08. The van der Waals surface area contributed by atoms with Gasteiger partial charge in [0.15, 0.2) is 5.75 Å². The van der Waals surface area contributed by atoms with Gasteiger partial charge in [-0.1, -0.05) is 65.1 Å². The van der Waals surface area contributed by atoms with Crippen LogP contribution in [0.5, 0.6) is 5.75 Å². The average molecular weight is 478 g/mol. The molecule has 0 spiro atoms. The smallest absolute Gasteiger partial charge is 0.156 e. The van der Waals surface area contributed by atoms with Crippen molar-refractivity contribution in [3.05, 3.63) is 86.9 Å². The van der Waals surface area contributed by atoms with Gasteiger partial charge in [0.25, 0.3) is 0 Å². The molecule has 7 heteroatoms. The molecule has 0 aromatic heterocycles. The fourth-order valence-electron chi connectivity index (χ4n) is 3.46. The Balaban J connectivity index is 1.38. The molecule has 4 rings (SSSR count). The third kappa shape index (κ3) is 5.78. The van der Waals surface area contributed by atoms with E-state index in [4.69, 9.17) is 44.3 Å². The van der Waals surface area contributed by atoms with Crippen molar-refractivity contribution in [3.8, 4) is 5.75 Å². The van der Waals surface area contributed by atoms with Crippen LogP contribution in [0.15, 0.2) is 60.7 Å². The first-order valence-electron chi connectivity index (χ1n) is 10.1. The minimum absolute atomic E-state index is 0.409. The number of halogens is 3. The SMILES string of the molecule is Clc1cc(NCc2cc(Cl)c(OCc3ccccc3)c(Cl)c2)ccc1N1CCOCC1. The van der Waals surface area contributed by atoms with E-state index in [9.17, 15) is 0 Å². The molecule has 1 fully saturated rings. The number of benzene rings is 3. The quantitative estimate of drug-likeness (QED) is 0.412. The van der Waals surface area contributed by atoms with Gasteiger partial charge in [0.1, 0.15) is 6.61 Å². The maximum absolute atomic E-state index is 6.52. The van der Waals surface area contributed by atoms with Crippen LogP contribution < -0.4 is 15.0 Å². The molecule has 1 aliphatic rings. The number of morpholine rings is 1. The van der Waals surface area contributed by atoms with Gasteiger partial charge in [-0.3, -0.25) is 0 Å². The Morgan fingerprint density at radius 1 is 0.839 bits per heavy atom. The molecule has 1 saturated heterocycles.